The van der Waals surface area contributed by atoms with Gasteiger partial charge in [0.1, 0.15) is 0 Å². The van der Waals surface area contributed by atoms with E-state index in [0.29, 0.717) is 17.9 Å². The Morgan fingerprint density at radius 3 is 2.41 bits per heavy atom. The smallest absolute Gasteiger partial charge is 0.330 e. The number of pyridine rings is 1. The molecule has 0 spiro atoms. The summed E-state index contributed by atoms with van der Waals surface area (Å²) in [7, 11) is -3.40. The SMILES string of the molecule is CCOC(=O)C=Cc1cc(C=CCS(=O)(=O)c2ccccc2)cc(Cc2cccnc2)c1. The van der Waals surface area contributed by atoms with Gasteiger partial charge in [-0.15, -0.1) is 0 Å². The monoisotopic (exact) mass is 447 g/mol. The highest BCUT2D eigenvalue weighted by molar-refractivity contribution is 7.91. The Bertz CT molecular complexity index is 1200. The van der Waals surface area contributed by atoms with Crippen LogP contribution < -0.4 is 0 Å². The molecule has 2 aromatic carbocycles. The lowest BCUT2D eigenvalue weighted by Crippen LogP contribution is -2.04. The molecule has 32 heavy (non-hydrogen) atoms. The number of esters is 1. The van der Waals surface area contributed by atoms with Crippen LogP contribution in [0.25, 0.3) is 12.2 Å². The van der Waals surface area contributed by atoms with E-state index in [1.54, 1.807) is 61.7 Å². The molecule has 0 aliphatic rings. The average molecular weight is 448 g/mol. The summed E-state index contributed by atoms with van der Waals surface area (Å²) in [5, 5.41) is 0. The lowest BCUT2D eigenvalue weighted by Gasteiger charge is -2.06. The lowest BCUT2D eigenvalue weighted by molar-refractivity contribution is -0.137. The first-order valence-corrected chi connectivity index (χ1v) is 11.9. The summed E-state index contributed by atoms with van der Waals surface area (Å²) in [5.41, 5.74) is 3.75. The van der Waals surface area contributed by atoms with Crippen molar-refractivity contribution >= 4 is 28.0 Å². The topological polar surface area (TPSA) is 73.3 Å². The van der Waals surface area contributed by atoms with Crippen molar-refractivity contribution in [3.8, 4) is 0 Å². The molecule has 0 N–H and O–H groups in total. The molecule has 0 saturated heterocycles. The van der Waals surface area contributed by atoms with E-state index in [-0.39, 0.29) is 5.75 Å². The van der Waals surface area contributed by atoms with Gasteiger partial charge in [0.25, 0.3) is 0 Å². The summed E-state index contributed by atoms with van der Waals surface area (Å²) in [6.07, 6.45) is 10.7. The quantitative estimate of drug-likeness (QED) is 0.350. The number of nitrogens with zero attached hydrogens (tertiary/aromatic N) is 1. The van der Waals surface area contributed by atoms with Gasteiger partial charge < -0.3 is 4.74 Å². The minimum absolute atomic E-state index is 0.0994. The Kier molecular flexibility index (Phi) is 8.11. The minimum Gasteiger partial charge on any atom is -0.463 e. The van der Waals surface area contributed by atoms with Crippen LogP contribution in [0.2, 0.25) is 0 Å². The highest BCUT2D eigenvalue weighted by atomic mass is 32.2. The van der Waals surface area contributed by atoms with Crippen molar-refractivity contribution in [1.29, 1.82) is 0 Å². The van der Waals surface area contributed by atoms with Crippen LogP contribution in [0.5, 0.6) is 0 Å². The van der Waals surface area contributed by atoms with Crippen molar-refractivity contribution in [2.45, 2.75) is 18.2 Å². The predicted octanol–water partition coefficient (Wildman–Crippen LogP) is 4.74. The third-order valence-corrected chi connectivity index (χ3v) is 6.22. The van der Waals surface area contributed by atoms with Crippen molar-refractivity contribution in [3.05, 3.63) is 107 Å². The first-order valence-electron chi connectivity index (χ1n) is 10.3. The maximum atomic E-state index is 12.5. The number of carbonyl (C=O) groups excluding carboxylic acids is 1. The number of carbonyl (C=O) groups is 1. The molecule has 0 amide bonds. The van der Waals surface area contributed by atoms with E-state index >= 15 is 0 Å². The summed E-state index contributed by atoms with van der Waals surface area (Å²) < 4.78 is 30.0. The molecule has 0 bridgehead atoms. The van der Waals surface area contributed by atoms with Crippen LogP contribution in [0, 0.1) is 0 Å². The third kappa shape index (κ3) is 7.03. The van der Waals surface area contributed by atoms with Gasteiger partial charge in [-0.1, -0.05) is 48.6 Å². The van der Waals surface area contributed by atoms with Gasteiger partial charge in [0.2, 0.25) is 0 Å². The fourth-order valence-electron chi connectivity index (χ4n) is 3.17. The van der Waals surface area contributed by atoms with E-state index in [0.717, 1.165) is 22.3 Å². The van der Waals surface area contributed by atoms with E-state index in [2.05, 4.69) is 4.98 Å². The zero-order chi connectivity index (χ0) is 22.8. The molecule has 0 atom stereocenters. The summed E-state index contributed by atoms with van der Waals surface area (Å²) in [5.74, 6) is -0.506. The molecule has 3 aromatic rings. The van der Waals surface area contributed by atoms with Gasteiger partial charge in [-0.2, -0.15) is 0 Å². The number of rotatable bonds is 9. The van der Waals surface area contributed by atoms with Crippen LogP contribution in [-0.2, 0) is 25.8 Å². The molecular formula is C26H25NO4S. The molecular weight excluding hydrogens is 422 g/mol. The van der Waals surface area contributed by atoms with Gasteiger partial charge in [0, 0.05) is 18.5 Å². The Morgan fingerprint density at radius 2 is 1.72 bits per heavy atom. The van der Waals surface area contributed by atoms with Crippen LogP contribution in [0.1, 0.15) is 29.2 Å². The number of hydrogen-bond donors (Lipinski definition) is 0. The number of benzene rings is 2. The van der Waals surface area contributed by atoms with Crippen molar-refractivity contribution in [3.63, 3.8) is 0 Å². The lowest BCUT2D eigenvalue weighted by atomic mass is 10.00. The van der Waals surface area contributed by atoms with Crippen LogP contribution in [0.4, 0.5) is 0 Å². The van der Waals surface area contributed by atoms with E-state index in [4.69, 9.17) is 4.74 Å². The predicted molar refractivity (Wildman–Crippen MR) is 127 cm³/mol. The zero-order valence-electron chi connectivity index (χ0n) is 17.8. The van der Waals surface area contributed by atoms with E-state index in [1.807, 2.05) is 36.5 Å². The number of hydrogen-bond acceptors (Lipinski definition) is 5. The molecule has 164 valence electrons. The fourth-order valence-corrected chi connectivity index (χ4v) is 4.28. The second kappa shape index (κ2) is 11.2. The van der Waals surface area contributed by atoms with Gasteiger partial charge in [0.15, 0.2) is 9.84 Å². The fraction of sp³-hybridized carbons (Fsp3) is 0.154. The molecule has 0 aliphatic heterocycles. The van der Waals surface area contributed by atoms with Gasteiger partial charge in [-0.3, -0.25) is 4.98 Å². The molecule has 1 aromatic heterocycles. The van der Waals surface area contributed by atoms with Gasteiger partial charge in [-0.25, -0.2) is 13.2 Å². The van der Waals surface area contributed by atoms with Crippen molar-refractivity contribution < 1.29 is 17.9 Å². The maximum Gasteiger partial charge on any atom is 0.330 e. The van der Waals surface area contributed by atoms with Gasteiger partial charge in [0.05, 0.1) is 17.3 Å². The molecule has 0 unspecified atom stereocenters. The Balaban J connectivity index is 1.84. The second-order valence-corrected chi connectivity index (χ2v) is 9.16. The molecule has 5 nitrogen and oxygen atoms in total. The van der Waals surface area contributed by atoms with Crippen LogP contribution >= 0.6 is 0 Å². The molecule has 3 rings (SSSR count). The third-order valence-electron chi connectivity index (χ3n) is 4.60. The molecule has 0 aliphatic carbocycles. The largest absolute Gasteiger partial charge is 0.463 e. The van der Waals surface area contributed by atoms with E-state index < -0.39 is 15.8 Å². The van der Waals surface area contributed by atoms with Crippen LogP contribution in [-0.4, -0.2) is 31.7 Å². The Morgan fingerprint density at radius 1 is 0.969 bits per heavy atom. The Labute approximate surface area is 189 Å². The molecule has 0 saturated carbocycles. The second-order valence-electron chi connectivity index (χ2n) is 7.13. The number of ether oxygens (including phenoxy) is 1. The molecule has 6 heteroatoms. The van der Waals surface area contributed by atoms with Crippen LogP contribution in [0.15, 0.2) is 90.1 Å². The summed E-state index contributed by atoms with van der Waals surface area (Å²) >= 11 is 0. The first kappa shape index (κ1) is 23.2. The Hall–Kier alpha value is -3.51. The number of aromatic nitrogens is 1. The van der Waals surface area contributed by atoms with Gasteiger partial charge in [-0.05, 0) is 65.9 Å². The zero-order valence-corrected chi connectivity index (χ0v) is 18.7. The molecule has 0 radical (unpaired) electrons. The first-order chi connectivity index (χ1) is 15.5. The molecule has 0 fully saturated rings. The number of sulfone groups is 1. The maximum absolute atomic E-state index is 12.5. The summed E-state index contributed by atoms with van der Waals surface area (Å²) in [6, 6.07) is 18.2. The van der Waals surface area contributed by atoms with Crippen LogP contribution in [0.3, 0.4) is 0 Å². The normalized spacial score (nSPS) is 11.8. The van der Waals surface area contributed by atoms with Crippen molar-refractivity contribution in [2.75, 3.05) is 12.4 Å². The van der Waals surface area contributed by atoms with E-state index in [9.17, 15) is 13.2 Å². The highest BCUT2D eigenvalue weighted by Crippen LogP contribution is 2.18. The average Bonchev–Trinajstić information content (AvgIpc) is 2.79. The summed E-state index contributed by atoms with van der Waals surface area (Å²) in [4.78, 5) is 16.2. The van der Waals surface area contributed by atoms with Crippen molar-refractivity contribution in [2.24, 2.45) is 0 Å². The van der Waals surface area contributed by atoms with E-state index in [1.165, 1.54) is 6.08 Å². The highest BCUT2D eigenvalue weighted by Gasteiger charge is 2.11. The molecule has 1 heterocycles. The summed E-state index contributed by atoms with van der Waals surface area (Å²) in [6.45, 7) is 2.07. The van der Waals surface area contributed by atoms with Gasteiger partial charge >= 0.3 is 5.97 Å². The standard InChI is InChI=1S/C26H25NO4S/c1-2-31-26(28)13-12-22-16-21(17-24(18-22)19-23-8-6-14-27-20-23)9-7-15-32(29,30)25-10-4-3-5-11-25/h3-14,16-18,20H,2,15,19H2,1H3. The van der Waals surface area contributed by atoms with Crippen molar-refractivity contribution in [1.82, 2.24) is 4.98 Å². The minimum atomic E-state index is -3.40.